The van der Waals surface area contributed by atoms with Crippen LogP contribution in [0, 0.1) is 0 Å². The Morgan fingerprint density at radius 1 is 1.42 bits per heavy atom. The van der Waals surface area contributed by atoms with Crippen LogP contribution in [0.1, 0.15) is 28.2 Å². The number of halogens is 1. The normalized spacial score (nSPS) is 14.4. The Morgan fingerprint density at radius 3 is 2.89 bits per heavy atom. The third-order valence-electron chi connectivity index (χ3n) is 3.12. The van der Waals surface area contributed by atoms with Gasteiger partial charge in [0.1, 0.15) is 5.69 Å². The Hall–Kier alpha value is -1.20. The monoisotopic (exact) mass is 336 g/mol. The molecule has 2 aromatic rings. The van der Waals surface area contributed by atoms with Crippen molar-refractivity contribution in [3.63, 3.8) is 0 Å². The summed E-state index contributed by atoms with van der Waals surface area (Å²) >= 11 is 5.09. The molecule has 5 heteroatoms. The maximum atomic E-state index is 12.6. The number of carbonyl (C=O) groups excluding carboxylic acids is 1. The lowest BCUT2D eigenvalue weighted by atomic mass is 10.3. The van der Waals surface area contributed by atoms with Crippen molar-refractivity contribution in [2.75, 3.05) is 0 Å². The summed E-state index contributed by atoms with van der Waals surface area (Å²) in [6, 6.07) is 8.15. The average Bonchev–Trinajstić information content (AvgIpc) is 3.13. The number of nitrogens with zero attached hydrogens (tertiary/aromatic N) is 2. The first-order valence-electron chi connectivity index (χ1n) is 6.19. The summed E-state index contributed by atoms with van der Waals surface area (Å²) in [6.45, 7) is 0.685. The number of carbonyl (C=O) groups is 1. The molecule has 1 aliphatic rings. The van der Waals surface area contributed by atoms with Gasteiger partial charge >= 0.3 is 0 Å². The first kappa shape index (κ1) is 12.8. The van der Waals surface area contributed by atoms with E-state index in [0.717, 1.165) is 17.3 Å². The fraction of sp³-hybridized carbons (Fsp3) is 0.286. The van der Waals surface area contributed by atoms with Crippen LogP contribution in [0.2, 0.25) is 0 Å². The summed E-state index contributed by atoms with van der Waals surface area (Å²) < 4.78 is 0.761. The number of amides is 1. The number of aromatic nitrogens is 1. The van der Waals surface area contributed by atoms with Crippen molar-refractivity contribution in [1.82, 2.24) is 9.88 Å². The molecule has 2 heterocycles. The molecule has 0 radical (unpaired) electrons. The fourth-order valence-corrected chi connectivity index (χ4v) is 3.13. The van der Waals surface area contributed by atoms with E-state index in [2.05, 4.69) is 27.0 Å². The third-order valence-corrected chi connectivity index (χ3v) is 4.62. The first-order chi connectivity index (χ1) is 9.25. The van der Waals surface area contributed by atoms with Gasteiger partial charge in [-0.1, -0.05) is 6.07 Å². The van der Waals surface area contributed by atoms with Crippen LogP contribution in [0.25, 0.3) is 0 Å². The molecule has 3 nitrogen and oxygen atoms in total. The van der Waals surface area contributed by atoms with Crippen molar-refractivity contribution in [2.24, 2.45) is 0 Å². The van der Waals surface area contributed by atoms with Gasteiger partial charge in [-0.2, -0.15) is 0 Å². The zero-order chi connectivity index (χ0) is 13.2. The Labute approximate surface area is 124 Å². The standard InChI is InChI=1S/C14H13BrN2OS/c15-12-4-1-7-16-13(12)14(18)17(10-5-6-10)9-11-3-2-8-19-11/h1-4,7-8,10H,5-6,9H2. The predicted octanol–water partition coefficient (Wildman–Crippen LogP) is 3.71. The lowest BCUT2D eigenvalue weighted by molar-refractivity contribution is 0.0724. The van der Waals surface area contributed by atoms with Crippen molar-refractivity contribution < 1.29 is 4.79 Å². The second-order valence-electron chi connectivity index (χ2n) is 4.58. The van der Waals surface area contributed by atoms with Crippen LogP contribution in [0.15, 0.2) is 40.3 Å². The van der Waals surface area contributed by atoms with E-state index in [4.69, 9.17) is 0 Å². The van der Waals surface area contributed by atoms with Gasteiger partial charge in [0.05, 0.1) is 6.54 Å². The second kappa shape index (κ2) is 5.43. The molecule has 0 aromatic carbocycles. The molecule has 1 fully saturated rings. The van der Waals surface area contributed by atoms with E-state index >= 15 is 0 Å². The Kier molecular flexibility index (Phi) is 3.66. The van der Waals surface area contributed by atoms with E-state index in [9.17, 15) is 4.79 Å². The molecule has 19 heavy (non-hydrogen) atoms. The van der Waals surface area contributed by atoms with E-state index < -0.39 is 0 Å². The maximum Gasteiger partial charge on any atom is 0.274 e. The Morgan fingerprint density at radius 2 is 2.26 bits per heavy atom. The third kappa shape index (κ3) is 2.87. The SMILES string of the molecule is O=C(c1ncccc1Br)N(Cc1cccs1)C1CC1. The average molecular weight is 337 g/mol. The van der Waals surface area contributed by atoms with E-state index in [1.807, 2.05) is 28.5 Å². The van der Waals surface area contributed by atoms with Crippen LogP contribution in [-0.2, 0) is 6.54 Å². The molecule has 0 aliphatic heterocycles. The summed E-state index contributed by atoms with van der Waals surface area (Å²) in [5.41, 5.74) is 0.506. The molecule has 1 saturated carbocycles. The number of rotatable bonds is 4. The largest absolute Gasteiger partial charge is 0.329 e. The highest BCUT2D eigenvalue weighted by Crippen LogP contribution is 2.31. The highest BCUT2D eigenvalue weighted by Gasteiger charge is 2.34. The van der Waals surface area contributed by atoms with Crippen LogP contribution < -0.4 is 0 Å². The quantitative estimate of drug-likeness (QED) is 0.852. The number of hydrogen-bond donors (Lipinski definition) is 0. The van der Waals surface area contributed by atoms with Crippen molar-refractivity contribution in [3.8, 4) is 0 Å². The van der Waals surface area contributed by atoms with Gasteiger partial charge in [0.2, 0.25) is 0 Å². The topological polar surface area (TPSA) is 33.2 Å². The summed E-state index contributed by atoms with van der Waals surface area (Å²) in [7, 11) is 0. The Balaban J connectivity index is 1.84. The molecule has 0 unspecified atom stereocenters. The number of thiophene rings is 1. The van der Waals surface area contributed by atoms with Crippen molar-refractivity contribution >= 4 is 33.2 Å². The first-order valence-corrected chi connectivity index (χ1v) is 7.87. The summed E-state index contributed by atoms with van der Waals surface area (Å²) in [5, 5.41) is 2.04. The molecule has 0 saturated heterocycles. The zero-order valence-electron chi connectivity index (χ0n) is 10.3. The van der Waals surface area contributed by atoms with Crippen LogP contribution in [0.4, 0.5) is 0 Å². The smallest absolute Gasteiger partial charge is 0.274 e. The minimum Gasteiger partial charge on any atom is -0.329 e. The van der Waals surface area contributed by atoms with Crippen molar-refractivity contribution in [3.05, 3.63) is 50.9 Å². The highest BCUT2D eigenvalue weighted by atomic mass is 79.9. The van der Waals surface area contributed by atoms with Gasteiger partial charge in [-0.15, -0.1) is 11.3 Å². The number of pyridine rings is 1. The number of hydrogen-bond acceptors (Lipinski definition) is 3. The minimum atomic E-state index is 0.0170. The molecule has 98 valence electrons. The van der Waals surface area contributed by atoms with Gasteiger partial charge in [-0.05, 0) is 52.4 Å². The molecule has 0 atom stereocenters. The fourth-order valence-electron chi connectivity index (χ4n) is 2.00. The Bertz CT molecular complexity index is 581. The minimum absolute atomic E-state index is 0.0170. The van der Waals surface area contributed by atoms with E-state index in [-0.39, 0.29) is 5.91 Å². The summed E-state index contributed by atoms with van der Waals surface area (Å²) in [5.74, 6) is 0.0170. The van der Waals surface area contributed by atoms with E-state index in [1.54, 1.807) is 17.5 Å². The zero-order valence-corrected chi connectivity index (χ0v) is 12.7. The molecule has 0 N–H and O–H groups in total. The van der Waals surface area contributed by atoms with Gasteiger partial charge in [0.25, 0.3) is 5.91 Å². The molecule has 2 aromatic heterocycles. The second-order valence-corrected chi connectivity index (χ2v) is 6.46. The molecule has 1 aliphatic carbocycles. The highest BCUT2D eigenvalue weighted by molar-refractivity contribution is 9.10. The molecular weight excluding hydrogens is 324 g/mol. The van der Waals surface area contributed by atoms with Gasteiger partial charge in [0, 0.05) is 21.6 Å². The molecular formula is C14H13BrN2OS. The molecule has 1 amide bonds. The van der Waals surface area contributed by atoms with Gasteiger partial charge in [-0.25, -0.2) is 4.98 Å². The maximum absolute atomic E-state index is 12.6. The molecule has 3 rings (SSSR count). The van der Waals surface area contributed by atoms with Gasteiger partial charge in [-0.3, -0.25) is 4.79 Å². The van der Waals surface area contributed by atoms with Crippen molar-refractivity contribution in [2.45, 2.75) is 25.4 Å². The van der Waals surface area contributed by atoms with Crippen LogP contribution in [-0.4, -0.2) is 21.8 Å². The van der Waals surface area contributed by atoms with Gasteiger partial charge < -0.3 is 4.90 Å². The summed E-state index contributed by atoms with van der Waals surface area (Å²) in [6.07, 6.45) is 3.86. The molecule has 0 spiro atoms. The van der Waals surface area contributed by atoms with Crippen molar-refractivity contribution in [1.29, 1.82) is 0 Å². The van der Waals surface area contributed by atoms with E-state index in [0.29, 0.717) is 18.3 Å². The van der Waals surface area contributed by atoms with Gasteiger partial charge in [0.15, 0.2) is 0 Å². The van der Waals surface area contributed by atoms with E-state index in [1.165, 1.54) is 4.88 Å². The summed E-state index contributed by atoms with van der Waals surface area (Å²) in [4.78, 5) is 20.0. The lowest BCUT2D eigenvalue weighted by Crippen LogP contribution is -2.33. The van der Waals surface area contributed by atoms with Crippen LogP contribution in [0.3, 0.4) is 0 Å². The lowest BCUT2D eigenvalue weighted by Gasteiger charge is -2.21. The van der Waals surface area contributed by atoms with Crippen LogP contribution >= 0.6 is 27.3 Å². The predicted molar refractivity (Wildman–Crippen MR) is 79.2 cm³/mol. The molecule has 0 bridgehead atoms. The van der Waals surface area contributed by atoms with Crippen LogP contribution in [0.5, 0.6) is 0 Å².